The van der Waals surface area contributed by atoms with Crippen molar-refractivity contribution in [2.75, 3.05) is 32.6 Å². The van der Waals surface area contributed by atoms with Gasteiger partial charge in [0, 0.05) is 36.6 Å². The predicted octanol–water partition coefficient (Wildman–Crippen LogP) is 5.34. The molecule has 0 fully saturated rings. The van der Waals surface area contributed by atoms with Crippen LogP contribution in [0.5, 0.6) is 5.75 Å². The number of aliphatic hydroxyl groups is 1. The third-order valence-corrected chi connectivity index (χ3v) is 6.32. The highest BCUT2D eigenvalue weighted by Gasteiger charge is 2.19. The number of amidine groups is 1. The van der Waals surface area contributed by atoms with Gasteiger partial charge in [0.2, 0.25) is 0 Å². The summed E-state index contributed by atoms with van der Waals surface area (Å²) in [6.07, 6.45) is 4.70. The van der Waals surface area contributed by atoms with Crippen molar-refractivity contribution in [2.45, 2.75) is 27.2 Å². The molecule has 1 amide bonds. The molecule has 7 nitrogen and oxygen atoms in total. The number of ether oxygens (including phenoxy) is 1. The van der Waals surface area contributed by atoms with Crippen molar-refractivity contribution in [3.8, 4) is 5.75 Å². The summed E-state index contributed by atoms with van der Waals surface area (Å²) in [5, 5.41) is 15.0. The average molecular weight is 467 g/mol. The van der Waals surface area contributed by atoms with Crippen LogP contribution in [0.25, 0.3) is 17.0 Å². The lowest BCUT2D eigenvalue weighted by atomic mass is 10.1. The molecular weight excluding hydrogens is 436 g/mol. The Kier molecular flexibility index (Phi) is 8.19. The van der Waals surface area contributed by atoms with E-state index in [1.165, 1.54) is 16.9 Å². The second-order valence-electron chi connectivity index (χ2n) is 7.71. The van der Waals surface area contributed by atoms with Gasteiger partial charge in [-0.15, -0.1) is 11.3 Å². The molecule has 1 aromatic carbocycles. The van der Waals surface area contributed by atoms with E-state index in [0.717, 1.165) is 28.0 Å². The fourth-order valence-electron chi connectivity index (χ4n) is 3.19. The number of rotatable bonds is 8. The maximum atomic E-state index is 13.4. The number of thiophene rings is 1. The standard InChI is InChI=1S/C25H30N4O3S/c1-6-16(2)12-23-24(27-17(3)29(4)10-11-30)19(15-33-23)25(31)28-21-13-18-8-7-9-26-20(18)14-22(21)32-5/h7-9,12-15,30H,6,10-11H2,1-5H3,(H,28,31)/b16-12+,27-17?. The minimum absolute atomic E-state index is 0.0264. The number of methoxy groups -OCH3 is 1. The van der Waals surface area contributed by atoms with Gasteiger partial charge >= 0.3 is 0 Å². The number of nitrogens with one attached hydrogen (secondary N) is 1. The highest BCUT2D eigenvalue weighted by atomic mass is 32.1. The molecule has 0 radical (unpaired) electrons. The maximum Gasteiger partial charge on any atom is 0.258 e. The number of hydrogen-bond donors (Lipinski definition) is 2. The zero-order valence-corrected chi connectivity index (χ0v) is 20.5. The second kappa shape index (κ2) is 11.1. The first-order valence-electron chi connectivity index (χ1n) is 10.8. The van der Waals surface area contributed by atoms with Gasteiger partial charge in [-0.25, -0.2) is 4.99 Å². The summed E-state index contributed by atoms with van der Waals surface area (Å²) in [5.74, 6) is 0.989. The van der Waals surface area contributed by atoms with Gasteiger partial charge in [0.05, 0.1) is 41.0 Å². The summed E-state index contributed by atoms with van der Waals surface area (Å²) < 4.78 is 5.50. The quantitative estimate of drug-likeness (QED) is 0.345. The number of pyridine rings is 1. The van der Waals surface area contributed by atoms with E-state index in [2.05, 4.69) is 30.2 Å². The topological polar surface area (TPSA) is 87.0 Å². The first kappa shape index (κ1) is 24.4. The number of aromatic nitrogens is 1. The number of allylic oxidation sites excluding steroid dienone is 1. The van der Waals surface area contributed by atoms with Crippen LogP contribution < -0.4 is 10.1 Å². The summed E-state index contributed by atoms with van der Waals surface area (Å²) in [5.41, 5.74) is 3.66. The number of anilines is 1. The minimum atomic E-state index is -0.266. The van der Waals surface area contributed by atoms with Gasteiger partial charge in [-0.2, -0.15) is 0 Å². The van der Waals surface area contributed by atoms with Gasteiger partial charge in [-0.05, 0) is 38.5 Å². The molecule has 0 spiro atoms. The summed E-state index contributed by atoms with van der Waals surface area (Å²) in [4.78, 5) is 25.3. The van der Waals surface area contributed by atoms with Crippen LogP contribution in [0.15, 0.2) is 46.4 Å². The molecule has 0 atom stereocenters. The summed E-state index contributed by atoms with van der Waals surface area (Å²) in [7, 11) is 3.43. The minimum Gasteiger partial charge on any atom is -0.494 e. The van der Waals surface area contributed by atoms with Crippen molar-refractivity contribution in [1.29, 1.82) is 0 Å². The molecule has 33 heavy (non-hydrogen) atoms. The van der Waals surface area contributed by atoms with Crippen LogP contribution in [0.2, 0.25) is 0 Å². The lowest BCUT2D eigenvalue weighted by molar-refractivity contribution is 0.102. The molecule has 0 saturated carbocycles. The Morgan fingerprint density at radius 1 is 1.36 bits per heavy atom. The van der Waals surface area contributed by atoms with E-state index in [0.29, 0.717) is 29.2 Å². The first-order valence-corrected chi connectivity index (χ1v) is 11.7. The summed E-state index contributed by atoms with van der Waals surface area (Å²) in [6.45, 7) is 6.51. The number of hydrogen-bond acceptors (Lipinski definition) is 6. The van der Waals surface area contributed by atoms with Gasteiger partial charge < -0.3 is 20.1 Å². The van der Waals surface area contributed by atoms with Gasteiger partial charge in [0.1, 0.15) is 11.6 Å². The van der Waals surface area contributed by atoms with Crippen LogP contribution >= 0.6 is 11.3 Å². The highest BCUT2D eigenvalue weighted by molar-refractivity contribution is 7.11. The lowest BCUT2D eigenvalue weighted by Crippen LogP contribution is -2.27. The van der Waals surface area contributed by atoms with Crippen LogP contribution in [0.3, 0.4) is 0 Å². The molecule has 3 aromatic rings. The number of nitrogens with zero attached hydrogens (tertiary/aromatic N) is 3. The Balaban J connectivity index is 2.02. The Hall–Kier alpha value is -3.23. The van der Waals surface area contributed by atoms with Crippen molar-refractivity contribution in [3.05, 3.63) is 51.9 Å². The molecular formula is C25H30N4O3S. The van der Waals surface area contributed by atoms with Gasteiger partial charge in [-0.3, -0.25) is 9.78 Å². The third-order valence-electron chi connectivity index (χ3n) is 5.41. The summed E-state index contributed by atoms with van der Waals surface area (Å²) in [6, 6.07) is 7.46. The second-order valence-corrected chi connectivity index (χ2v) is 8.62. The molecule has 174 valence electrons. The molecule has 2 N–H and O–H groups in total. The van der Waals surface area contributed by atoms with E-state index in [4.69, 9.17) is 9.73 Å². The van der Waals surface area contributed by atoms with Gasteiger partial charge in [-0.1, -0.05) is 18.6 Å². The summed E-state index contributed by atoms with van der Waals surface area (Å²) >= 11 is 1.48. The van der Waals surface area contributed by atoms with Crippen LogP contribution in [-0.2, 0) is 0 Å². The molecule has 2 aromatic heterocycles. The number of benzene rings is 1. The molecule has 0 unspecified atom stereocenters. The Labute approximate surface area is 198 Å². The number of aliphatic hydroxyl groups excluding tert-OH is 1. The van der Waals surface area contributed by atoms with E-state index in [9.17, 15) is 9.90 Å². The van der Waals surface area contributed by atoms with Crippen LogP contribution in [0, 0.1) is 0 Å². The SMILES string of the molecule is CC/C(C)=C/c1scc(C(=O)Nc2cc3cccnc3cc2OC)c1N=C(C)N(C)CCO. The molecule has 8 heteroatoms. The van der Waals surface area contributed by atoms with Gasteiger partial charge in [0.15, 0.2) is 0 Å². The number of amides is 1. The number of fused-ring (bicyclic) bond motifs is 1. The number of carbonyl (C=O) groups is 1. The van der Waals surface area contributed by atoms with Crippen molar-refractivity contribution in [2.24, 2.45) is 4.99 Å². The molecule has 0 bridgehead atoms. The highest BCUT2D eigenvalue weighted by Crippen LogP contribution is 2.36. The van der Waals surface area contributed by atoms with Gasteiger partial charge in [0.25, 0.3) is 5.91 Å². The molecule has 0 saturated heterocycles. The molecule has 3 rings (SSSR count). The number of carbonyl (C=O) groups excluding carboxylic acids is 1. The van der Waals surface area contributed by atoms with E-state index in [-0.39, 0.29) is 12.5 Å². The van der Waals surface area contributed by atoms with Crippen molar-refractivity contribution in [3.63, 3.8) is 0 Å². The molecule has 2 heterocycles. The first-order chi connectivity index (χ1) is 15.9. The zero-order valence-electron chi connectivity index (χ0n) is 19.7. The zero-order chi connectivity index (χ0) is 24.0. The third kappa shape index (κ3) is 5.77. The van der Waals surface area contributed by atoms with Crippen molar-refractivity contribution >= 4 is 51.4 Å². The average Bonchev–Trinajstić information content (AvgIpc) is 3.20. The largest absolute Gasteiger partial charge is 0.494 e. The van der Waals surface area contributed by atoms with Crippen LogP contribution in [-0.4, -0.2) is 54.0 Å². The van der Waals surface area contributed by atoms with Crippen molar-refractivity contribution in [1.82, 2.24) is 9.88 Å². The Morgan fingerprint density at radius 3 is 2.85 bits per heavy atom. The van der Waals surface area contributed by atoms with E-state index >= 15 is 0 Å². The van der Waals surface area contributed by atoms with Crippen LogP contribution in [0.4, 0.5) is 11.4 Å². The molecule has 0 aliphatic rings. The van der Waals surface area contributed by atoms with E-state index in [1.54, 1.807) is 13.3 Å². The van der Waals surface area contributed by atoms with E-state index in [1.807, 2.05) is 48.5 Å². The maximum absolute atomic E-state index is 13.4. The van der Waals surface area contributed by atoms with E-state index < -0.39 is 0 Å². The van der Waals surface area contributed by atoms with Crippen LogP contribution in [0.1, 0.15) is 42.4 Å². The number of aliphatic imine (C=N–C) groups is 1. The Morgan fingerprint density at radius 2 is 2.15 bits per heavy atom. The predicted molar refractivity (Wildman–Crippen MR) is 137 cm³/mol. The lowest BCUT2D eigenvalue weighted by Gasteiger charge is -2.17. The normalized spacial score (nSPS) is 12.2. The molecule has 0 aliphatic heterocycles. The smallest absolute Gasteiger partial charge is 0.258 e. The Bertz CT molecular complexity index is 1200. The molecule has 0 aliphatic carbocycles. The monoisotopic (exact) mass is 466 g/mol. The fraction of sp³-hybridized carbons (Fsp3) is 0.320. The number of likely N-dealkylation sites (N-methyl/N-ethyl adjacent to an activating group) is 1. The fourth-order valence-corrected chi connectivity index (χ4v) is 4.19. The van der Waals surface area contributed by atoms with Crippen molar-refractivity contribution < 1.29 is 14.6 Å².